The molecule has 0 fully saturated rings. The molecule has 1 aliphatic rings. The van der Waals surface area contributed by atoms with Gasteiger partial charge in [-0.3, -0.25) is 9.52 Å². The van der Waals surface area contributed by atoms with E-state index in [4.69, 9.17) is 21.1 Å². The molecule has 0 aliphatic carbocycles. The lowest BCUT2D eigenvalue weighted by atomic mass is 10.1. The zero-order chi connectivity index (χ0) is 19.4. The standard InChI is InChI=1S/C18H19ClN2O5S/c1-27(23,24)21-15-5-3-2-4-13(15)18(22)20-7-6-12-10-14(19)17-16(11-12)25-8-9-26-17/h2-5,10-11,21H,6-9H2,1H3,(H,20,22). The van der Waals surface area contributed by atoms with Crippen LogP contribution in [0.4, 0.5) is 5.69 Å². The quantitative estimate of drug-likeness (QED) is 0.762. The third kappa shape index (κ3) is 5.05. The van der Waals surface area contributed by atoms with Crippen molar-refractivity contribution in [1.29, 1.82) is 0 Å². The van der Waals surface area contributed by atoms with E-state index in [2.05, 4.69) is 10.0 Å². The summed E-state index contributed by atoms with van der Waals surface area (Å²) in [5.74, 6) is 0.764. The van der Waals surface area contributed by atoms with Crippen LogP contribution in [0, 0.1) is 0 Å². The summed E-state index contributed by atoms with van der Waals surface area (Å²) in [4.78, 5) is 12.4. The largest absolute Gasteiger partial charge is 0.486 e. The van der Waals surface area contributed by atoms with Gasteiger partial charge in [0.05, 0.1) is 22.5 Å². The van der Waals surface area contributed by atoms with E-state index in [1.54, 1.807) is 24.3 Å². The molecule has 0 saturated heterocycles. The Bertz CT molecular complexity index is 962. The highest BCUT2D eigenvalue weighted by atomic mass is 35.5. The zero-order valence-electron chi connectivity index (χ0n) is 14.6. The molecule has 0 radical (unpaired) electrons. The number of para-hydroxylation sites is 1. The van der Waals surface area contributed by atoms with Gasteiger partial charge in [-0.05, 0) is 36.2 Å². The SMILES string of the molecule is CS(=O)(=O)Nc1ccccc1C(=O)NCCc1cc(Cl)c2c(c1)OCCO2. The molecule has 0 aromatic heterocycles. The van der Waals surface area contributed by atoms with Crippen molar-refractivity contribution in [1.82, 2.24) is 5.32 Å². The van der Waals surface area contributed by atoms with E-state index in [1.807, 2.05) is 6.07 Å². The zero-order valence-corrected chi connectivity index (χ0v) is 16.2. The van der Waals surface area contributed by atoms with Gasteiger partial charge in [0.1, 0.15) is 13.2 Å². The highest BCUT2D eigenvalue weighted by molar-refractivity contribution is 7.92. The minimum absolute atomic E-state index is 0.236. The average molecular weight is 411 g/mol. The minimum Gasteiger partial charge on any atom is -0.486 e. The van der Waals surface area contributed by atoms with Crippen molar-refractivity contribution in [3.63, 3.8) is 0 Å². The lowest BCUT2D eigenvalue weighted by Crippen LogP contribution is -2.27. The Balaban J connectivity index is 1.65. The molecule has 7 nitrogen and oxygen atoms in total. The Morgan fingerprint density at radius 1 is 1.19 bits per heavy atom. The molecule has 0 saturated carbocycles. The van der Waals surface area contributed by atoms with Crippen LogP contribution in [0.1, 0.15) is 15.9 Å². The molecular formula is C18H19ClN2O5S. The van der Waals surface area contributed by atoms with Crippen LogP contribution in [0.3, 0.4) is 0 Å². The fraction of sp³-hybridized carbons (Fsp3) is 0.278. The van der Waals surface area contributed by atoms with E-state index < -0.39 is 10.0 Å². The topological polar surface area (TPSA) is 93.7 Å². The number of nitrogens with one attached hydrogen (secondary N) is 2. The van der Waals surface area contributed by atoms with Gasteiger partial charge >= 0.3 is 0 Å². The molecule has 0 bridgehead atoms. The summed E-state index contributed by atoms with van der Waals surface area (Å²) in [6.07, 6.45) is 1.57. The van der Waals surface area contributed by atoms with E-state index in [1.165, 1.54) is 6.07 Å². The number of carbonyl (C=O) groups excluding carboxylic acids is 1. The number of hydrogen-bond donors (Lipinski definition) is 2. The van der Waals surface area contributed by atoms with Gasteiger partial charge in [-0.2, -0.15) is 0 Å². The summed E-state index contributed by atoms with van der Waals surface area (Å²) in [5, 5.41) is 3.25. The summed E-state index contributed by atoms with van der Waals surface area (Å²) in [6.45, 7) is 1.28. The second-order valence-corrected chi connectivity index (χ2v) is 8.18. The maximum absolute atomic E-state index is 12.4. The van der Waals surface area contributed by atoms with Gasteiger partial charge in [0, 0.05) is 6.54 Å². The van der Waals surface area contributed by atoms with Gasteiger partial charge in [-0.15, -0.1) is 0 Å². The number of hydrogen-bond acceptors (Lipinski definition) is 5. The van der Waals surface area contributed by atoms with Gasteiger partial charge in [-0.1, -0.05) is 23.7 Å². The number of fused-ring (bicyclic) bond motifs is 1. The van der Waals surface area contributed by atoms with Gasteiger partial charge in [0.25, 0.3) is 5.91 Å². The van der Waals surface area contributed by atoms with Crippen LogP contribution in [0.25, 0.3) is 0 Å². The predicted molar refractivity (Wildman–Crippen MR) is 103 cm³/mol. The molecular weight excluding hydrogens is 392 g/mol. The first-order valence-electron chi connectivity index (χ1n) is 8.26. The number of carbonyl (C=O) groups is 1. The highest BCUT2D eigenvalue weighted by Gasteiger charge is 2.17. The van der Waals surface area contributed by atoms with Crippen LogP contribution in [0.5, 0.6) is 11.5 Å². The number of amides is 1. The Morgan fingerprint density at radius 2 is 1.93 bits per heavy atom. The van der Waals surface area contributed by atoms with E-state index in [0.717, 1.165) is 11.8 Å². The molecule has 0 spiro atoms. The highest BCUT2D eigenvalue weighted by Crippen LogP contribution is 2.38. The van der Waals surface area contributed by atoms with E-state index in [-0.39, 0.29) is 17.2 Å². The molecule has 0 unspecified atom stereocenters. The van der Waals surface area contributed by atoms with Gasteiger partial charge in [0.15, 0.2) is 11.5 Å². The minimum atomic E-state index is -3.48. The van der Waals surface area contributed by atoms with Crippen LogP contribution in [-0.2, 0) is 16.4 Å². The first-order valence-corrected chi connectivity index (χ1v) is 10.5. The summed E-state index contributed by atoms with van der Waals surface area (Å²) < 4.78 is 36.3. The molecule has 144 valence electrons. The average Bonchev–Trinajstić information content (AvgIpc) is 2.61. The van der Waals surface area contributed by atoms with Crippen LogP contribution >= 0.6 is 11.6 Å². The molecule has 2 aromatic carbocycles. The number of halogens is 1. The number of rotatable bonds is 6. The van der Waals surface area contributed by atoms with E-state index >= 15 is 0 Å². The van der Waals surface area contributed by atoms with Gasteiger partial charge in [-0.25, -0.2) is 8.42 Å². The monoisotopic (exact) mass is 410 g/mol. The summed E-state index contributed by atoms with van der Waals surface area (Å²) >= 11 is 6.21. The van der Waals surface area contributed by atoms with Crippen molar-refractivity contribution in [2.45, 2.75) is 6.42 Å². The number of ether oxygens (including phenoxy) is 2. The van der Waals surface area contributed by atoms with E-state index in [9.17, 15) is 13.2 Å². The van der Waals surface area contributed by atoms with Crippen molar-refractivity contribution in [3.8, 4) is 11.5 Å². The Morgan fingerprint density at radius 3 is 2.70 bits per heavy atom. The molecule has 27 heavy (non-hydrogen) atoms. The first kappa shape index (κ1) is 19.3. The smallest absolute Gasteiger partial charge is 0.253 e. The summed E-state index contributed by atoms with van der Waals surface area (Å²) in [5.41, 5.74) is 1.38. The Labute approximate surface area is 162 Å². The molecule has 2 aromatic rings. The van der Waals surface area contributed by atoms with Crippen molar-refractivity contribution < 1.29 is 22.7 Å². The maximum Gasteiger partial charge on any atom is 0.253 e. The fourth-order valence-corrected chi connectivity index (χ4v) is 3.56. The third-order valence-electron chi connectivity index (χ3n) is 3.82. The fourth-order valence-electron chi connectivity index (χ4n) is 2.69. The molecule has 1 aliphatic heterocycles. The number of anilines is 1. The second kappa shape index (κ2) is 8.06. The normalized spacial score (nSPS) is 13.1. The van der Waals surface area contributed by atoms with Crippen LogP contribution in [0.15, 0.2) is 36.4 Å². The number of sulfonamides is 1. The Kier molecular flexibility index (Phi) is 5.76. The molecule has 1 heterocycles. The first-order chi connectivity index (χ1) is 12.8. The van der Waals surface area contributed by atoms with Crippen LogP contribution in [-0.4, -0.2) is 40.3 Å². The lowest BCUT2D eigenvalue weighted by molar-refractivity contribution is 0.0955. The molecule has 1 amide bonds. The maximum atomic E-state index is 12.4. The molecule has 2 N–H and O–H groups in total. The number of benzene rings is 2. The third-order valence-corrected chi connectivity index (χ3v) is 4.69. The summed E-state index contributed by atoms with van der Waals surface area (Å²) in [7, 11) is -3.48. The lowest BCUT2D eigenvalue weighted by Gasteiger charge is -2.20. The van der Waals surface area contributed by atoms with Gasteiger partial charge in [0.2, 0.25) is 10.0 Å². The van der Waals surface area contributed by atoms with Crippen LogP contribution in [0.2, 0.25) is 5.02 Å². The van der Waals surface area contributed by atoms with E-state index in [0.29, 0.717) is 42.7 Å². The molecule has 9 heteroatoms. The Hall–Kier alpha value is -2.45. The second-order valence-electron chi connectivity index (χ2n) is 6.03. The predicted octanol–water partition coefficient (Wildman–Crippen LogP) is 2.46. The van der Waals surface area contributed by atoms with Gasteiger partial charge < -0.3 is 14.8 Å². The van der Waals surface area contributed by atoms with Crippen molar-refractivity contribution >= 4 is 33.2 Å². The molecule has 3 rings (SSSR count). The van der Waals surface area contributed by atoms with Crippen molar-refractivity contribution in [3.05, 3.63) is 52.5 Å². The van der Waals surface area contributed by atoms with Crippen molar-refractivity contribution in [2.75, 3.05) is 30.7 Å². The van der Waals surface area contributed by atoms with Crippen LogP contribution < -0.4 is 19.5 Å². The van der Waals surface area contributed by atoms with Crippen molar-refractivity contribution in [2.24, 2.45) is 0 Å². The summed E-state index contributed by atoms with van der Waals surface area (Å²) in [6, 6.07) is 10.0. The molecule has 0 atom stereocenters.